The molecule has 4 heteroatoms. The van der Waals surface area contributed by atoms with Crippen molar-refractivity contribution in [2.75, 3.05) is 19.6 Å². The molecule has 1 aliphatic heterocycles. The SMILES string of the molecule is O=C(CN1CCCCCC1)c1ccc(O)cc1F. The van der Waals surface area contributed by atoms with E-state index in [0.29, 0.717) is 0 Å². The average molecular weight is 251 g/mol. The summed E-state index contributed by atoms with van der Waals surface area (Å²) in [7, 11) is 0. The van der Waals surface area contributed by atoms with Crippen molar-refractivity contribution in [3.63, 3.8) is 0 Å². The van der Waals surface area contributed by atoms with Crippen molar-refractivity contribution in [2.24, 2.45) is 0 Å². The number of ketones is 1. The zero-order chi connectivity index (χ0) is 13.0. The molecule has 2 rings (SSSR count). The molecule has 1 saturated heterocycles. The molecule has 0 amide bonds. The lowest BCUT2D eigenvalue weighted by Gasteiger charge is -2.18. The Morgan fingerprint density at radius 2 is 1.89 bits per heavy atom. The number of nitrogens with zero attached hydrogens (tertiary/aromatic N) is 1. The van der Waals surface area contributed by atoms with Crippen molar-refractivity contribution in [3.8, 4) is 5.75 Å². The molecule has 98 valence electrons. The Bertz CT molecular complexity index is 426. The predicted octanol–water partition coefficient (Wildman–Crippen LogP) is 2.59. The average Bonchev–Trinajstić information content (AvgIpc) is 2.57. The number of carbonyl (C=O) groups is 1. The number of hydrogen-bond donors (Lipinski definition) is 1. The van der Waals surface area contributed by atoms with Gasteiger partial charge in [0.25, 0.3) is 0 Å². The molecule has 0 aromatic heterocycles. The van der Waals surface area contributed by atoms with Gasteiger partial charge in [-0.3, -0.25) is 9.69 Å². The molecule has 1 aromatic rings. The highest BCUT2D eigenvalue weighted by Gasteiger charge is 2.17. The lowest BCUT2D eigenvalue weighted by Crippen LogP contribution is -2.31. The van der Waals surface area contributed by atoms with Crippen LogP contribution in [0.1, 0.15) is 36.0 Å². The van der Waals surface area contributed by atoms with Crippen LogP contribution in [0.15, 0.2) is 18.2 Å². The third-order valence-corrected chi connectivity index (χ3v) is 3.32. The van der Waals surface area contributed by atoms with Gasteiger partial charge in [0.1, 0.15) is 11.6 Å². The summed E-state index contributed by atoms with van der Waals surface area (Å²) in [5.41, 5.74) is 0.0667. The molecular weight excluding hydrogens is 233 g/mol. The maximum atomic E-state index is 13.5. The van der Waals surface area contributed by atoms with Gasteiger partial charge in [-0.1, -0.05) is 12.8 Å². The van der Waals surface area contributed by atoms with E-state index in [1.165, 1.54) is 25.0 Å². The number of rotatable bonds is 3. The summed E-state index contributed by atoms with van der Waals surface area (Å²) in [4.78, 5) is 14.1. The molecule has 1 aromatic carbocycles. The van der Waals surface area contributed by atoms with Crippen molar-refractivity contribution in [1.82, 2.24) is 4.90 Å². The predicted molar refractivity (Wildman–Crippen MR) is 67.3 cm³/mol. The number of likely N-dealkylation sites (tertiary alicyclic amines) is 1. The first-order valence-corrected chi connectivity index (χ1v) is 6.41. The monoisotopic (exact) mass is 251 g/mol. The first-order chi connectivity index (χ1) is 8.66. The number of halogens is 1. The largest absolute Gasteiger partial charge is 0.508 e. The maximum absolute atomic E-state index is 13.5. The molecule has 1 N–H and O–H groups in total. The van der Waals surface area contributed by atoms with Crippen LogP contribution in [-0.2, 0) is 0 Å². The number of carbonyl (C=O) groups excluding carboxylic acids is 1. The summed E-state index contributed by atoms with van der Waals surface area (Å²) in [5, 5.41) is 9.12. The normalized spacial score (nSPS) is 17.4. The van der Waals surface area contributed by atoms with Gasteiger partial charge in [-0.2, -0.15) is 0 Å². The quantitative estimate of drug-likeness (QED) is 0.839. The second kappa shape index (κ2) is 5.96. The third-order valence-electron chi connectivity index (χ3n) is 3.32. The van der Waals surface area contributed by atoms with Gasteiger partial charge in [0.05, 0.1) is 12.1 Å². The van der Waals surface area contributed by atoms with Crippen LogP contribution in [0, 0.1) is 5.82 Å². The highest BCUT2D eigenvalue weighted by atomic mass is 19.1. The van der Waals surface area contributed by atoms with Gasteiger partial charge in [-0.05, 0) is 38.1 Å². The highest BCUT2D eigenvalue weighted by Crippen LogP contribution is 2.17. The van der Waals surface area contributed by atoms with E-state index in [0.717, 1.165) is 32.0 Å². The highest BCUT2D eigenvalue weighted by molar-refractivity contribution is 5.98. The molecular formula is C14H18FNO2. The van der Waals surface area contributed by atoms with E-state index in [1.54, 1.807) is 0 Å². The standard InChI is InChI=1S/C14H18FNO2/c15-13-9-11(17)5-6-12(13)14(18)10-16-7-3-1-2-4-8-16/h5-6,9,17H,1-4,7-8,10H2. The van der Waals surface area contributed by atoms with Crippen molar-refractivity contribution in [3.05, 3.63) is 29.6 Å². The summed E-state index contributed by atoms with van der Waals surface area (Å²) in [6.45, 7) is 2.08. The number of benzene rings is 1. The van der Waals surface area contributed by atoms with Crippen LogP contribution in [0.25, 0.3) is 0 Å². The fourth-order valence-electron chi connectivity index (χ4n) is 2.31. The van der Waals surface area contributed by atoms with Gasteiger partial charge in [0.15, 0.2) is 5.78 Å². The van der Waals surface area contributed by atoms with Crippen LogP contribution in [0.5, 0.6) is 5.75 Å². The molecule has 1 fully saturated rings. The van der Waals surface area contributed by atoms with Gasteiger partial charge in [0, 0.05) is 6.07 Å². The minimum Gasteiger partial charge on any atom is -0.508 e. The van der Waals surface area contributed by atoms with Crippen molar-refractivity contribution < 1.29 is 14.3 Å². The summed E-state index contributed by atoms with van der Waals surface area (Å²) in [5.74, 6) is -1.01. The Kier molecular flexibility index (Phi) is 4.31. The van der Waals surface area contributed by atoms with Gasteiger partial charge in [0.2, 0.25) is 0 Å². The minimum atomic E-state index is -0.644. The number of hydrogen-bond acceptors (Lipinski definition) is 3. The Morgan fingerprint density at radius 1 is 1.22 bits per heavy atom. The Balaban J connectivity index is 2.02. The fraction of sp³-hybridized carbons (Fsp3) is 0.500. The van der Waals surface area contributed by atoms with Crippen LogP contribution >= 0.6 is 0 Å². The van der Waals surface area contributed by atoms with Gasteiger partial charge < -0.3 is 5.11 Å². The molecule has 18 heavy (non-hydrogen) atoms. The molecule has 0 bridgehead atoms. The third kappa shape index (κ3) is 3.29. The zero-order valence-electron chi connectivity index (χ0n) is 10.4. The van der Waals surface area contributed by atoms with Crippen LogP contribution in [-0.4, -0.2) is 35.4 Å². The molecule has 0 atom stereocenters. The van der Waals surface area contributed by atoms with E-state index in [2.05, 4.69) is 4.90 Å². The summed E-state index contributed by atoms with van der Waals surface area (Å²) < 4.78 is 13.5. The van der Waals surface area contributed by atoms with E-state index in [1.807, 2.05) is 0 Å². The molecule has 1 heterocycles. The lowest BCUT2D eigenvalue weighted by atomic mass is 10.1. The molecule has 0 aliphatic carbocycles. The zero-order valence-corrected chi connectivity index (χ0v) is 10.4. The van der Waals surface area contributed by atoms with E-state index in [9.17, 15) is 9.18 Å². The van der Waals surface area contributed by atoms with Gasteiger partial charge >= 0.3 is 0 Å². The first kappa shape index (κ1) is 13.0. The Hall–Kier alpha value is -1.42. The van der Waals surface area contributed by atoms with Crippen LogP contribution in [0.3, 0.4) is 0 Å². The van der Waals surface area contributed by atoms with Crippen molar-refractivity contribution in [1.29, 1.82) is 0 Å². The lowest BCUT2D eigenvalue weighted by molar-refractivity contribution is 0.0929. The minimum absolute atomic E-state index is 0.0667. The Morgan fingerprint density at radius 3 is 2.50 bits per heavy atom. The molecule has 0 spiro atoms. The molecule has 3 nitrogen and oxygen atoms in total. The van der Waals surface area contributed by atoms with E-state index in [-0.39, 0.29) is 23.6 Å². The summed E-state index contributed by atoms with van der Waals surface area (Å²) in [6, 6.07) is 3.68. The number of phenolic OH excluding ortho intramolecular Hbond substituents is 1. The van der Waals surface area contributed by atoms with Crippen LogP contribution in [0.2, 0.25) is 0 Å². The first-order valence-electron chi connectivity index (χ1n) is 6.41. The van der Waals surface area contributed by atoms with E-state index < -0.39 is 5.82 Å². The number of aromatic hydroxyl groups is 1. The molecule has 1 aliphatic rings. The topological polar surface area (TPSA) is 40.5 Å². The molecule has 0 unspecified atom stereocenters. The van der Waals surface area contributed by atoms with Gasteiger partial charge in [-0.15, -0.1) is 0 Å². The van der Waals surface area contributed by atoms with E-state index in [4.69, 9.17) is 5.11 Å². The van der Waals surface area contributed by atoms with Crippen LogP contribution < -0.4 is 0 Å². The fourth-order valence-corrected chi connectivity index (χ4v) is 2.31. The van der Waals surface area contributed by atoms with Crippen molar-refractivity contribution in [2.45, 2.75) is 25.7 Å². The van der Waals surface area contributed by atoms with Gasteiger partial charge in [-0.25, -0.2) is 4.39 Å². The van der Waals surface area contributed by atoms with E-state index >= 15 is 0 Å². The smallest absolute Gasteiger partial charge is 0.179 e. The van der Waals surface area contributed by atoms with Crippen molar-refractivity contribution >= 4 is 5.78 Å². The maximum Gasteiger partial charge on any atom is 0.179 e. The Labute approximate surface area is 106 Å². The summed E-state index contributed by atoms with van der Waals surface area (Å²) >= 11 is 0. The number of phenols is 1. The summed E-state index contributed by atoms with van der Waals surface area (Å²) in [6.07, 6.45) is 4.62. The number of Topliss-reactive ketones (excluding diaryl/α,β-unsaturated/α-hetero) is 1. The second-order valence-electron chi connectivity index (χ2n) is 4.78. The molecule has 0 saturated carbocycles. The van der Waals surface area contributed by atoms with Crippen LogP contribution in [0.4, 0.5) is 4.39 Å². The molecule has 0 radical (unpaired) electrons. The second-order valence-corrected chi connectivity index (χ2v) is 4.78.